The molecule has 1 saturated carbocycles. The molecule has 1 aliphatic heterocycles. The van der Waals surface area contributed by atoms with Crippen LogP contribution in [0.5, 0.6) is 0 Å². The van der Waals surface area contributed by atoms with Gasteiger partial charge in [-0.1, -0.05) is 54.8 Å². The molecule has 2 atom stereocenters. The van der Waals surface area contributed by atoms with E-state index in [2.05, 4.69) is 60.8 Å². The van der Waals surface area contributed by atoms with Crippen LogP contribution in [-0.4, -0.2) is 57.6 Å². The van der Waals surface area contributed by atoms with Gasteiger partial charge in [-0.3, -0.25) is 9.59 Å². The molecule has 0 bridgehead atoms. The minimum Gasteiger partial charge on any atom is -0.349 e. The number of rotatable bonds is 8. The molecule has 5 rings (SSSR count). The first kappa shape index (κ1) is 26.8. The van der Waals surface area contributed by atoms with Crippen LogP contribution in [0.2, 0.25) is 0 Å². The average molecular weight is 542 g/mol. The lowest BCUT2D eigenvalue weighted by Crippen LogP contribution is -2.72. The molecule has 2 aliphatic rings. The number of halogens is 3. The molecule has 1 aromatic heterocycles. The van der Waals surface area contributed by atoms with Gasteiger partial charge in [-0.05, 0) is 42.2 Å². The molecule has 4 N–H and O–H groups in total. The van der Waals surface area contributed by atoms with Gasteiger partial charge in [-0.2, -0.15) is 18.4 Å². The zero-order chi connectivity index (χ0) is 27.5. The van der Waals surface area contributed by atoms with E-state index in [9.17, 15) is 22.8 Å². The maximum absolute atomic E-state index is 13.0. The van der Waals surface area contributed by atoms with Crippen LogP contribution < -0.4 is 16.0 Å². The molecule has 0 radical (unpaired) electrons. The second-order valence-corrected chi connectivity index (χ2v) is 10.2. The van der Waals surface area contributed by atoms with Gasteiger partial charge in [-0.15, -0.1) is 10.2 Å². The maximum atomic E-state index is 13.0. The molecule has 2 heterocycles. The number of aromatic nitrogens is 4. The summed E-state index contributed by atoms with van der Waals surface area (Å²) in [6.07, 6.45) is 1.37. The Morgan fingerprint density at radius 2 is 1.82 bits per heavy atom. The molecule has 2 fully saturated rings. The molecule has 1 saturated heterocycles. The van der Waals surface area contributed by atoms with Crippen molar-refractivity contribution < 1.29 is 22.8 Å². The van der Waals surface area contributed by atoms with Crippen molar-refractivity contribution in [2.45, 2.75) is 62.2 Å². The molecular weight excluding hydrogens is 511 g/mol. The third-order valence-electron chi connectivity index (χ3n) is 7.79. The van der Waals surface area contributed by atoms with Crippen molar-refractivity contribution in [1.29, 1.82) is 0 Å². The van der Waals surface area contributed by atoms with Crippen LogP contribution in [-0.2, 0) is 22.8 Å². The van der Waals surface area contributed by atoms with Crippen molar-refractivity contribution in [1.82, 2.24) is 36.6 Å². The summed E-state index contributed by atoms with van der Waals surface area (Å²) in [6, 6.07) is 12.5. The van der Waals surface area contributed by atoms with Crippen molar-refractivity contribution in [3.05, 3.63) is 76.6 Å². The topological polar surface area (TPSA) is 125 Å². The minimum atomic E-state index is -4.55. The Balaban J connectivity index is 1.21. The van der Waals surface area contributed by atoms with Crippen LogP contribution in [0.1, 0.15) is 65.0 Å². The Kier molecular flexibility index (Phi) is 7.65. The number of benzene rings is 2. The van der Waals surface area contributed by atoms with Crippen LogP contribution in [0.4, 0.5) is 13.2 Å². The fraction of sp³-hybridized carbons (Fsp3) is 0.444. The molecule has 2 aromatic carbocycles. The lowest BCUT2D eigenvalue weighted by atomic mass is 9.61. The zero-order valence-corrected chi connectivity index (χ0v) is 21.2. The van der Waals surface area contributed by atoms with Crippen molar-refractivity contribution in [3.8, 4) is 0 Å². The number of amides is 2. The summed E-state index contributed by atoms with van der Waals surface area (Å²) in [5.74, 6) is -0.490. The molecule has 206 valence electrons. The maximum Gasteiger partial charge on any atom is 0.416 e. The van der Waals surface area contributed by atoms with Gasteiger partial charge in [0.2, 0.25) is 5.91 Å². The molecule has 2 unspecified atom stereocenters. The average Bonchev–Trinajstić information content (AvgIpc) is 3.43. The summed E-state index contributed by atoms with van der Waals surface area (Å²) >= 11 is 0. The van der Waals surface area contributed by atoms with E-state index in [1.807, 2.05) is 0 Å². The Morgan fingerprint density at radius 1 is 1.05 bits per heavy atom. The molecule has 0 spiro atoms. The van der Waals surface area contributed by atoms with Gasteiger partial charge >= 0.3 is 6.18 Å². The van der Waals surface area contributed by atoms with E-state index < -0.39 is 17.6 Å². The predicted octanol–water partition coefficient (Wildman–Crippen LogP) is 2.90. The fourth-order valence-corrected chi connectivity index (χ4v) is 5.78. The highest BCUT2D eigenvalue weighted by atomic mass is 19.4. The Morgan fingerprint density at radius 3 is 2.46 bits per heavy atom. The smallest absolute Gasteiger partial charge is 0.349 e. The van der Waals surface area contributed by atoms with Crippen molar-refractivity contribution >= 4 is 11.8 Å². The minimum absolute atomic E-state index is 0.0315. The summed E-state index contributed by atoms with van der Waals surface area (Å²) < 4.78 is 38.9. The van der Waals surface area contributed by atoms with Gasteiger partial charge in [0, 0.05) is 30.0 Å². The Labute approximate surface area is 223 Å². The van der Waals surface area contributed by atoms with Crippen LogP contribution in [0, 0.1) is 0 Å². The standard InChI is InChI=1S/C27H30F3N7O2/c28-27(29,30)20-6-4-5-18(14-20)25(39)32-16-23(38)33-21-15-31-24(21)26(11-2-1-3-12-26)19-9-7-17(8-10-19)13-22-34-36-37-35-22/h4-10,14,21,24,31H,1-3,11-13,15-16H2,(H,32,39)(H,33,38)(H,34,35,36,37). The number of H-pyrrole nitrogens is 1. The van der Waals surface area contributed by atoms with Crippen LogP contribution in [0.25, 0.3) is 0 Å². The normalized spacial score (nSPS) is 20.6. The van der Waals surface area contributed by atoms with Gasteiger partial charge in [0.1, 0.15) is 0 Å². The summed E-state index contributed by atoms with van der Waals surface area (Å²) in [5, 5.41) is 23.1. The molecule has 1 aliphatic carbocycles. The first-order valence-corrected chi connectivity index (χ1v) is 13.0. The number of carbonyl (C=O) groups is 2. The van der Waals surface area contributed by atoms with Crippen LogP contribution in [0.15, 0.2) is 48.5 Å². The summed E-state index contributed by atoms with van der Waals surface area (Å²) in [7, 11) is 0. The van der Waals surface area contributed by atoms with Gasteiger partial charge in [0.15, 0.2) is 5.82 Å². The molecule has 39 heavy (non-hydrogen) atoms. The molecular formula is C27H30F3N7O2. The van der Waals surface area contributed by atoms with E-state index in [0.717, 1.165) is 43.4 Å². The predicted molar refractivity (Wildman–Crippen MR) is 136 cm³/mol. The quantitative estimate of drug-likeness (QED) is 0.348. The van der Waals surface area contributed by atoms with E-state index in [0.29, 0.717) is 18.8 Å². The Hall–Kier alpha value is -3.80. The number of nitrogens with one attached hydrogen (secondary N) is 4. The van der Waals surface area contributed by atoms with Crippen molar-refractivity contribution in [3.63, 3.8) is 0 Å². The lowest BCUT2D eigenvalue weighted by molar-refractivity contribution is -0.137. The number of aromatic amines is 1. The summed E-state index contributed by atoms with van der Waals surface area (Å²) in [5.41, 5.74) is 1.09. The number of hydrogen-bond donors (Lipinski definition) is 4. The van der Waals surface area contributed by atoms with Crippen molar-refractivity contribution in [2.75, 3.05) is 13.1 Å². The molecule has 3 aromatic rings. The monoisotopic (exact) mass is 541 g/mol. The van der Waals surface area contributed by atoms with E-state index >= 15 is 0 Å². The van der Waals surface area contributed by atoms with E-state index in [4.69, 9.17) is 0 Å². The van der Waals surface area contributed by atoms with Gasteiger partial charge in [0.25, 0.3) is 5.91 Å². The van der Waals surface area contributed by atoms with E-state index in [1.165, 1.54) is 24.1 Å². The van der Waals surface area contributed by atoms with Gasteiger partial charge in [0.05, 0.1) is 18.2 Å². The van der Waals surface area contributed by atoms with Crippen LogP contribution in [0.3, 0.4) is 0 Å². The van der Waals surface area contributed by atoms with E-state index in [1.54, 1.807) is 0 Å². The van der Waals surface area contributed by atoms with E-state index in [-0.39, 0.29) is 35.5 Å². The largest absolute Gasteiger partial charge is 0.416 e. The second kappa shape index (κ2) is 11.1. The number of tetrazole rings is 1. The fourth-order valence-electron chi connectivity index (χ4n) is 5.78. The van der Waals surface area contributed by atoms with Gasteiger partial charge < -0.3 is 16.0 Å². The first-order valence-electron chi connectivity index (χ1n) is 13.0. The second-order valence-electron chi connectivity index (χ2n) is 10.2. The summed E-state index contributed by atoms with van der Waals surface area (Å²) in [6.45, 7) is 0.283. The highest BCUT2D eigenvalue weighted by molar-refractivity contribution is 5.96. The lowest BCUT2D eigenvalue weighted by Gasteiger charge is -2.53. The Bertz CT molecular complexity index is 1290. The third-order valence-corrected chi connectivity index (χ3v) is 7.79. The molecule has 12 heteroatoms. The number of hydrogen-bond acceptors (Lipinski definition) is 6. The highest BCUT2D eigenvalue weighted by Gasteiger charge is 2.49. The molecule has 2 amide bonds. The SMILES string of the molecule is O=C(CNC(=O)c1cccc(C(F)(F)F)c1)NC1CNC1C1(c2ccc(Cc3nn[nH]n3)cc2)CCCCC1. The first-order chi connectivity index (χ1) is 18.7. The number of alkyl halides is 3. The summed E-state index contributed by atoms with van der Waals surface area (Å²) in [4.78, 5) is 25.1. The van der Waals surface area contributed by atoms with Crippen molar-refractivity contribution in [2.24, 2.45) is 0 Å². The van der Waals surface area contributed by atoms with Crippen LogP contribution >= 0.6 is 0 Å². The third kappa shape index (κ3) is 5.95. The molecule has 9 nitrogen and oxygen atoms in total. The number of nitrogens with zero attached hydrogens (tertiary/aromatic N) is 3. The number of carbonyl (C=O) groups excluding carboxylic acids is 2. The zero-order valence-electron chi connectivity index (χ0n) is 21.2. The highest BCUT2D eigenvalue weighted by Crippen LogP contribution is 2.45. The van der Waals surface area contributed by atoms with Gasteiger partial charge in [-0.25, -0.2) is 0 Å².